The average Bonchev–Trinajstić information content (AvgIpc) is 2.68. The van der Waals surface area contributed by atoms with Crippen molar-refractivity contribution in [2.75, 3.05) is 11.9 Å². The molecular weight excluding hydrogens is 308 g/mol. The van der Waals surface area contributed by atoms with Gasteiger partial charge in [0.2, 0.25) is 0 Å². The van der Waals surface area contributed by atoms with Gasteiger partial charge >= 0.3 is 0 Å². The summed E-state index contributed by atoms with van der Waals surface area (Å²) in [6.45, 7) is 0.802. The predicted molar refractivity (Wildman–Crippen MR) is 101 cm³/mol. The maximum atomic E-state index is 4.76. The van der Waals surface area contributed by atoms with Gasteiger partial charge in [-0.2, -0.15) is 0 Å². The number of hydrogen-bond acceptors (Lipinski definition) is 4. The van der Waals surface area contributed by atoms with Crippen LogP contribution in [0.2, 0.25) is 0 Å². The van der Waals surface area contributed by atoms with Crippen LogP contribution in [0.5, 0.6) is 0 Å². The van der Waals surface area contributed by atoms with Gasteiger partial charge in [0.05, 0.1) is 17.2 Å². The first-order valence-electron chi connectivity index (χ1n) is 8.22. The van der Waals surface area contributed by atoms with Gasteiger partial charge in [-0.3, -0.25) is 9.97 Å². The van der Waals surface area contributed by atoms with E-state index >= 15 is 0 Å². The van der Waals surface area contributed by atoms with E-state index in [1.54, 1.807) is 12.4 Å². The van der Waals surface area contributed by atoms with Crippen molar-refractivity contribution >= 4 is 16.9 Å². The lowest BCUT2D eigenvalue weighted by Gasteiger charge is -2.18. The zero-order valence-corrected chi connectivity index (χ0v) is 14.0. The van der Waals surface area contributed by atoms with E-state index in [1.165, 1.54) is 5.56 Å². The van der Waals surface area contributed by atoms with Crippen molar-refractivity contribution in [3.63, 3.8) is 0 Å². The van der Waals surface area contributed by atoms with E-state index in [1.807, 2.05) is 37.5 Å². The van der Waals surface area contributed by atoms with Gasteiger partial charge in [-0.05, 0) is 41.0 Å². The molecule has 2 heterocycles. The summed E-state index contributed by atoms with van der Waals surface area (Å²) in [5.74, 6) is 0.869. The lowest BCUT2D eigenvalue weighted by molar-refractivity contribution is 0.897. The molecule has 2 aromatic carbocycles. The zero-order valence-electron chi connectivity index (χ0n) is 14.0. The lowest BCUT2D eigenvalue weighted by atomic mass is 10.1. The number of aromatic nitrogens is 3. The topological polar surface area (TPSA) is 41.9 Å². The van der Waals surface area contributed by atoms with Gasteiger partial charge in [0.1, 0.15) is 5.82 Å². The third kappa shape index (κ3) is 3.33. The van der Waals surface area contributed by atoms with E-state index in [0.29, 0.717) is 0 Å². The molecule has 4 nitrogen and oxygen atoms in total. The summed E-state index contributed by atoms with van der Waals surface area (Å²) < 4.78 is 0. The Kier molecular flexibility index (Phi) is 4.09. The van der Waals surface area contributed by atoms with Crippen molar-refractivity contribution in [1.29, 1.82) is 0 Å². The second-order valence-electron chi connectivity index (χ2n) is 6.01. The van der Waals surface area contributed by atoms with E-state index in [9.17, 15) is 0 Å². The molecule has 0 saturated carbocycles. The average molecular weight is 326 g/mol. The Morgan fingerprint density at radius 2 is 1.64 bits per heavy atom. The molecule has 2 aromatic heterocycles. The molecule has 0 N–H and O–H groups in total. The highest BCUT2D eigenvalue weighted by atomic mass is 15.2. The number of rotatable bonds is 4. The number of anilines is 1. The van der Waals surface area contributed by atoms with Crippen LogP contribution in [-0.2, 0) is 6.54 Å². The Labute approximate surface area is 146 Å². The van der Waals surface area contributed by atoms with Crippen molar-refractivity contribution in [3.8, 4) is 11.1 Å². The molecule has 0 bridgehead atoms. The van der Waals surface area contributed by atoms with Crippen molar-refractivity contribution in [2.45, 2.75) is 6.54 Å². The highest BCUT2D eigenvalue weighted by Crippen LogP contribution is 2.23. The molecular formula is C21H18N4. The van der Waals surface area contributed by atoms with Crippen LogP contribution in [0.4, 0.5) is 5.82 Å². The van der Waals surface area contributed by atoms with Crippen molar-refractivity contribution < 1.29 is 0 Å². The molecule has 4 aromatic rings. The van der Waals surface area contributed by atoms with Gasteiger partial charge in [0.25, 0.3) is 0 Å². The van der Waals surface area contributed by atoms with Crippen LogP contribution in [0.25, 0.3) is 22.2 Å². The summed E-state index contributed by atoms with van der Waals surface area (Å²) >= 11 is 0. The fourth-order valence-electron chi connectivity index (χ4n) is 2.85. The quantitative estimate of drug-likeness (QED) is 0.560. The molecule has 0 aliphatic carbocycles. The summed E-state index contributed by atoms with van der Waals surface area (Å²) in [5.41, 5.74) is 5.29. The summed E-state index contributed by atoms with van der Waals surface area (Å²) in [6.07, 6.45) is 5.43. The van der Waals surface area contributed by atoms with Crippen LogP contribution < -0.4 is 4.90 Å². The van der Waals surface area contributed by atoms with Crippen molar-refractivity contribution in [1.82, 2.24) is 15.0 Å². The third-order valence-corrected chi connectivity index (χ3v) is 4.20. The van der Waals surface area contributed by atoms with Gasteiger partial charge in [-0.1, -0.05) is 36.4 Å². The molecule has 0 fully saturated rings. The molecule has 25 heavy (non-hydrogen) atoms. The summed E-state index contributed by atoms with van der Waals surface area (Å²) in [5, 5.41) is 0. The van der Waals surface area contributed by atoms with Gasteiger partial charge < -0.3 is 4.90 Å². The Balaban J connectivity index is 1.62. The second-order valence-corrected chi connectivity index (χ2v) is 6.01. The van der Waals surface area contributed by atoms with Crippen LogP contribution in [0.1, 0.15) is 5.56 Å². The Morgan fingerprint density at radius 3 is 2.44 bits per heavy atom. The highest BCUT2D eigenvalue weighted by molar-refractivity contribution is 5.82. The number of pyridine rings is 1. The minimum atomic E-state index is 0.802. The molecule has 4 heteroatoms. The minimum absolute atomic E-state index is 0.802. The number of hydrogen-bond donors (Lipinski definition) is 0. The molecule has 0 spiro atoms. The van der Waals surface area contributed by atoms with E-state index in [4.69, 9.17) is 4.98 Å². The highest BCUT2D eigenvalue weighted by Gasteiger charge is 2.07. The zero-order chi connectivity index (χ0) is 17.1. The van der Waals surface area contributed by atoms with Gasteiger partial charge in [0.15, 0.2) is 0 Å². The molecule has 0 saturated heterocycles. The van der Waals surface area contributed by atoms with Crippen LogP contribution in [0, 0.1) is 0 Å². The van der Waals surface area contributed by atoms with Gasteiger partial charge in [-0.25, -0.2) is 4.98 Å². The van der Waals surface area contributed by atoms with Crippen LogP contribution in [0.15, 0.2) is 79.3 Å². The smallest absolute Gasteiger partial charge is 0.147 e. The normalized spacial score (nSPS) is 10.8. The monoisotopic (exact) mass is 326 g/mol. The Hall–Kier alpha value is -3.27. The standard InChI is InChI=1S/C21H18N4/c1-25(15-16-5-3-2-4-6-16)21-14-23-20-13-18(7-8-19(20)24-21)17-9-11-22-12-10-17/h2-14H,15H2,1H3. The molecule has 4 rings (SSSR count). The van der Waals surface area contributed by atoms with Crippen molar-refractivity contribution in [2.24, 2.45) is 0 Å². The molecule has 0 unspecified atom stereocenters. The predicted octanol–water partition coefficient (Wildman–Crippen LogP) is 4.33. The molecule has 0 aliphatic rings. The molecule has 0 aliphatic heterocycles. The number of benzene rings is 2. The van der Waals surface area contributed by atoms with E-state index in [2.05, 4.69) is 51.3 Å². The van der Waals surface area contributed by atoms with E-state index < -0.39 is 0 Å². The first-order chi connectivity index (χ1) is 12.3. The van der Waals surface area contributed by atoms with E-state index in [-0.39, 0.29) is 0 Å². The first-order valence-corrected chi connectivity index (χ1v) is 8.22. The van der Waals surface area contributed by atoms with E-state index in [0.717, 1.165) is 34.5 Å². The Morgan fingerprint density at radius 1 is 0.840 bits per heavy atom. The lowest BCUT2D eigenvalue weighted by Crippen LogP contribution is -2.17. The van der Waals surface area contributed by atoms with Gasteiger partial charge in [0, 0.05) is 26.0 Å². The maximum Gasteiger partial charge on any atom is 0.147 e. The summed E-state index contributed by atoms with van der Waals surface area (Å²) in [6, 6.07) is 20.5. The maximum absolute atomic E-state index is 4.76. The van der Waals surface area contributed by atoms with Crippen molar-refractivity contribution in [3.05, 3.63) is 84.8 Å². The minimum Gasteiger partial charge on any atom is -0.354 e. The van der Waals surface area contributed by atoms with Crippen LogP contribution in [0.3, 0.4) is 0 Å². The largest absolute Gasteiger partial charge is 0.354 e. The second kappa shape index (κ2) is 6.69. The van der Waals surface area contributed by atoms with Crippen LogP contribution in [-0.4, -0.2) is 22.0 Å². The molecule has 0 atom stereocenters. The summed E-state index contributed by atoms with van der Waals surface area (Å²) in [4.78, 5) is 15.5. The van der Waals surface area contributed by atoms with Crippen LogP contribution >= 0.6 is 0 Å². The summed E-state index contributed by atoms with van der Waals surface area (Å²) in [7, 11) is 2.04. The molecule has 122 valence electrons. The molecule has 0 radical (unpaired) electrons. The fraction of sp³-hybridized carbons (Fsp3) is 0.0952. The van der Waals surface area contributed by atoms with Gasteiger partial charge in [-0.15, -0.1) is 0 Å². The fourth-order valence-corrected chi connectivity index (χ4v) is 2.85. The third-order valence-electron chi connectivity index (χ3n) is 4.20. The molecule has 0 amide bonds. The number of fused-ring (bicyclic) bond motifs is 1. The SMILES string of the molecule is CN(Cc1ccccc1)c1cnc2cc(-c3ccncc3)ccc2n1. The Bertz CT molecular complexity index is 984. The first kappa shape index (κ1) is 15.3. The number of nitrogens with zero attached hydrogens (tertiary/aromatic N) is 4.